The van der Waals surface area contributed by atoms with Gasteiger partial charge >= 0.3 is 0 Å². The monoisotopic (exact) mass is 230 g/mol. The third-order valence-corrected chi connectivity index (χ3v) is 3.80. The van der Waals surface area contributed by atoms with Crippen LogP contribution in [0.25, 0.3) is 0 Å². The number of carbonyl (C=O) groups is 1. The molecule has 1 saturated heterocycles. The van der Waals surface area contributed by atoms with Crippen LogP contribution < -0.4 is 5.32 Å². The lowest BCUT2D eigenvalue weighted by molar-refractivity contribution is -0.137. The first kappa shape index (κ1) is 10.8. The Morgan fingerprint density at radius 3 is 2.71 bits per heavy atom. The van der Waals surface area contributed by atoms with Gasteiger partial charge in [0.05, 0.1) is 5.92 Å². The third kappa shape index (κ3) is 2.07. The van der Waals surface area contributed by atoms with E-state index in [2.05, 4.69) is 29.6 Å². The summed E-state index contributed by atoms with van der Waals surface area (Å²) in [5.74, 6) is 0.556. The molecule has 0 aliphatic carbocycles. The average Bonchev–Trinajstić information content (AvgIpc) is 2.48. The zero-order valence-corrected chi connectivity index (χ0v) is 9.98. The van der Waals surface area contributed by atoms with Gasteiger partial charge in [0.25, 0.3) is 0 Å². The number of nitrogens with one attached hydrogen (secondary N) is 1. The number of hydrogen-bond donors (Lipinski definition) is 1. The quantitative estimate of drug-likeness (QED) is 0.785. The van der Waals surface area contributed by atoms with Crippen LogP contribution in [0, 0.1) is 5.92 Å². The highest BCUT2D eigenvalue weighted by Gasteiger charge is 2.30. The number of nitrogens with zero attached hydrogens (tertiary/aromatic N) is 1. The van der Waals surface area contributed by atoms with Crippen molar-refractivity contribution in [3.63, 3.8) is 0 Å². The van der Waals surface area contributed by atoms with Crippen LogP contribution in [-0.4, -0.2) is 30.4 Å². The van der Waals surface area contributed by atoms with Gasteiger partial charge in [-0.1, -0.05) is 24.3 Å². The molecule has 2 aliphatic rings. The van der Waals surface area contributed by atoms with Crippen molar-refractivity contribution in [1.82, 2.24) is 10.2 Å². The number of carbonyl (C=O) groups excluding carboxylic acids is 1. The van der Waals surface area contributed by atoms with Gasteiger partial charge in [0, 0.05) is 26.2 Å². The number of fused-ring (bicyclic) bond motifs is 1. The molecule has 3 nitrogen and oxygen atoms in total. The molecule has 1 aromatic rings. The maximum atomic E-state index is 12.2. The predicted octanol–water partition coefficient (Wildman–Crippen LogP) is 1.18. The van der Waals surface area contributed by atoms with Gasteiger partial charge in [-0.05, 0) is 24.0 Å². The molecule has 90 valence electrons. The molecule has 2 heterocycles. The van der Waals surface area contributed by atoms with E-state index in [1.165, 1.54) is 11.1 Å². The number of hydrogen-bond acceptors (Lipinski definition) is 2. The van der Waals surface area contributed by atoms with Crippen molar-refractivity contribution >= 4 is 5.91 Å². The fourth-order valence-electron chi connectivity index (χ4n) is 2.61. The lowest BCUT2D eigenvalue weighted by Crippen LogP contribution is -2.51. The van der Waals surface area contributed by atoms with Crippen molar-refractivity contribution in [3.8, 4) is 0 Å². The summed E-state index contributed by atoms with van der Waals surface area (Å²) in [7, 11) is 0. The number of benzene rings is 1. The summed E-state index contributed by atoms with van der Waals surface area (Å²) in [6, 6.07) is 8.50. The minimum absolute atomic E-state index is 0.222. The first-order valence-corrected chi connectivity index (χ1v) is 6.41. The van der Waals surface area contributed by atoms with Gasteiger partial charge in [-0.15, -0.1) is 0 Å². The maximum Gasteiger partial charge on any atom is 0.228 e. The van der Waals surface area contributed by atoms with Crippen molar-refractivity contribution in [1.29, 1.82) is 0 Å². The first-order valence-electron chi connectivity index (χ1n) is 6.41. The summed E-state index contributed by atoms with van der Waals surface area (Å²) in [4.78, 5) is 14.3. The minimum Gasteiger partial charge on any atom is -0.338 e. The smallest absolute Gasteiger partial charge is 0.228 e. The Kier molecular flexibility index (Phi) is 2.85. The maximum absolute atomic E-state index is 12.2. The van der Waals surface area contributed by atoms with E-state index in [1.807, 2.05) is 4.90 Å². The lowest BCUT2D eigenvalue weighted by atomic mass is 10.0. The summed E-state index contributed by atoms with van der Waals surface area (Å²) in [5.41, 5.74) is 2.74. The summed E-state index contributed by atoms with van der Waals surface area (Å²) in [6.45, 7) is 3.42. The van der Waals surface area contributed by atoms with Crippen LogP contribution >= 0.6 is 0 Å². The highest BCUT2D eigenvalue weighted by Crippen LogP contribution is 2.20. The molecule has 0 radical (unpaired) electrons. The molecule has 1 aromatic carbocycles. The molecule has 0 bridgehead atoms. The van der Waals surface area contributed by atoms with Gasteiger partial charge in [-0.2, -0.15) is 0 Å². The summed E-state index contributed by atoms with van der Waals surface area (Å²) in [6.07, 6.45) is 2.19. The van der Waals surface area contributed by atoms with E-state index < -0.39 is 0 Å². The molecule has 2 aliphatic heterocycles. The second-order valence-corrected chi connectivity index (χ2v) is 4.99. The highest BCUT2D eigenvalue weighted by atomic mass is 16.2. The molecule has 0 aromatic heterocycles. The SMILES string of the molecule is O=C(C1CNC1)N1CCCc2ccccc2C1. The standard InChI is InChI=1S/C14H18N2O/c17-14(13-8-15-9-13)16-7-3-6-11-4-1-2-5-12(11)10-16/h1-2,4-5,13,15H,3,6-10H2. The zero-order chi connectivity index (χ0) is 11.7. The molecular formula is C14H18N2O. The van der Waals surface area contributed by atoms with Crippen LogP contribution in [0.3, 0.4) is 0 Å². The van der Waals surface area contributed by atoms with Gasteiger partial charge in [0.15, 0.2) is 0 Å². The highest BCUT2D eigenvalue weighted by molar-refractivity contribution is 5.80. The Morgan fingerprint density at radius 2 is 2.00 bits per heavy atom. The third-order valence-electron chi connectivity index (χ3n) is 3.80. The van der Waals surface area contributed by atoms with Gasteiger partial charge < -0.3 is 10.2 Å². The van der Waals surface area contributed by atoms with E-state index in [4.69, 9.17) is 0 Å². The molecule has 1 amide bonds. The van der Waals surface area contributed by atoms with Gasteiger partial charge in [-0.25, -0.2) is 0 Å². The van der Waals surface area contributed by atoms with Crippen LogP contribution in [0.5, 0.6) is 0 Å². The fourth-order valence-corrected chi connectivity index (χ4v) is 2.61. The second-order valence-electron chi connectivity index (χ2n) is 4.99. The number of rotatable bonds is 1. The van der Waals surface area contributed by atoms with Crippen molar-refractivity contribution in [3.05, 3.63) is 35.4 Å². The van der Waals surface area contributed by atoms with Crippen LogP contribution in [0.1, 0.15) is 17.5 Å². The van der Waals surface area contributed by atoms with E-state index in [1.54, 1.807) is 0 Å². The fraction of sp³-hybridized carbons (Fsp3) is 0.500. The minimum atomic E-state index is 0.222. The summed E-state index contributed by atoms with van der Waals surface area (Å²) < 4.78 is 0. The van der Waals surface area contributed by atoms with Crippen LogP contribution in [-0.2, 0) is 17.8 Å². The van der Waals surface area contributed by atoms with Crippen molar-refractivity contribution < 1.29 is 4.79 Å². The van der Waals surface area contributed by atoms with E-state index in [0.717, 1.165) is 39.0 Å². The molecule has 17 heavy (non-hydrogen) atoms. The Morgan fingerprint density at radius 1 is 1.24 bits per heavy atom. The Hall–Kier alpha value is -1.35. The Bertz CT molecular complexity index is 426. The molecule has 0 unspecified atom stereocenters. The molecular weight excluding hydrogens is 212 g/mol. The topological polar surface area (TPSA) is 32.3 Å². The Labute approximate surface area is 102 Å². The second kappa shape index (κ2) is 4.49. The zero-order valence-electron chi connectivity index (χ0n) is 9.98. The number of amides is 1. The molecule has 3 heteroatoms. The van der Waals surface area contributed by atoms with Gasteiger partial charge in [0.1, 0.15) is 0 Å². The predicted molar refractivity (Wildman–Crippen MR) is 66.5 cm³/mol. The van der Waals surface area contributed by atoms with E-state index in [0.29, 0.717) is 5.91 Å². The largest absolute Gasteiger partial charge is 0.338 e. The van der Waals surface area contributed by atoms with Gasteiger partial charge in [0.2, 0.25) is 5.91 Å². The van der Waals surface area contributed by atoms with Crippen molar-refractivity contribution in [2.75, 3.05) is 19.6 Å². The molecule has 0 atom stereocenters. The molecule has 1 N–H and O–H groups in total. The molecule has 0 spiro atoms. The normalized spacial score (nSPS) is 20.4. The van der Waals surface area contributed by atoms with Crippen molar-refractivity contribution in [2.24, 2.45) is 5.92 Å². The molecule has 3 rings (SSSR count). The number of aryl methyl sites for hydroxylation is 1. The molecule has 1 fully saturated rings. The van der Waals surface area contributed by atoms with Gasteiger partial charge in [-0.3, -0.25) is 4.79 Å². The van der Waals surface area contributed by atoms with Crippen molar-refractivity contribution in [2.45, 2.75) is 19.4 Å². The Balaban J connectivity index is 1.77. The van der Waals surface area contributed by atoms with E-state index in [9.17, 15) is 4.79 Å². The summed E-state index contributed by atoms with van der Waals surface area (Å²) >= 11 is 0. The lowest BCUT2D eigenvalue weighted by Gasteiger charge is -2.32. The van der Waals surface area contributed by atoms with E-state index in [-0.39, 0.29) is 5.92 Å². The van der Waals surface area contributed by atoms with E-state index >= 15 is 0 Å². The summed E-state index contributed by atoms with van der Waals surface area (Å²) in [5, 5.41) is 3.17. The van der Waals surface area contributed by atoms with Crippen LogP contribution in [0.2, 0.25) is 0 Å². The molecule has 0 saturated carbocycles. The first-order chi connectivity index (χ1) is 8.34. The van der Waals surface area contributed by atoms with Crippen LogP contribution in [0.4, 0.5) is 0 Å². The van der Waals surface area contributed by atoms with Crippen LogP contribution in [0.15, 0.2) is 24.3 Å². The average molecular weight is 230 g/mol.